The largest absolute Gasteiger partial charge is 0.348 e. The smallest absolute Gasteiger partial charge is 0.123 e. The van der Waals surface area contributed by atoms with Crippen LogP contribution in [0.3, 0.4) is 0 Å². The van der Waals surface area contributed by atoms with Gasteiger partial charge in [-0.25, -0.2) is 4.39 Å². The number of hydrogen-bond acceptors (Lipinski definition) is 1. The molecule has 0 aliphatic rings. The lowest BCUT2D eigenvalue weighted by Crippen LogP contribution is -2.06. The molecule has 74 valence electrons. The predicted octanol–water partition coefficient (Wildman–Crippen LogP) is 1.82. The Morgan fingerprint density at radius 3 is 2.86 bits per heavy atom. The van der Waals surface area contributed by atoms with Gasteiger partial charge in [-0.15, -0.1) is 0 Å². The molecule has 0 saturated heterocycles. The summed E-state index contributed by atoms with van der Waals surface area (Å²) >= 11 is 0. The van der Waals surface area contributed by atoms with E-state index in [2.05, 4.69) is 4.57 Å². The number of fused-ring (bicyclic) bond motifs is 1. The Morgan fingerprint density at radius 1 is 1.36 bits per heavy atom. The molecule has 2 N–H and O–H groups in total. The molecule has 1 heterocycles. The first kappa shape index (κ1) is 9.21. The summed E-state index contributed by atoms with van der Waals surface area (Å²) in [6.07, 6.45) is 0.826. The molecule has 0 aliphatic heterocycles. The standard InChI is InChI=1S/C11H13FN2/c1-14-10(4-5-13)7-8-6-9(12)2-3-11(8)14/h2-3,6-7H,4-5,13H2,1H3. The molecule has 14 heavy (non-hydrogen) atoms. The van der Waals surface area contributed by atoms with Crippen molar-refractivity contribution < 1.29 is 4.39 Å². The summed E-state index contributed by atoms with van der Waals surface area (Å²) < 4.78 is 15.0. The van der Waals surface area contributed by atoms with E-state index in [0.717, 1.165) is 23.0 Å². The highest BCUT2D eigenvalue weighted by Gasteiger charge is 2.05. The van der Waals surface area contributed by atoms with Crippen LogP contribution in [0.2, 0.25) is 0 Å². The minimum Gasteiger partial charge on any atom is -0.348 e. The second kappa shape index (κ2) is 3.42. The average molecular weight is 192 g/mol. The van der Waals surface area contributed by atoms with Crippen LogP contribution in [0.15, 0.2) is 24.3 Å². The molecule has 0 spiro atoms. The molecule has 0 radical (unpaired) electrons. The summed E-state index contributed by atoms with van der Waals surface area (Å²) in [7, 11) is 1.98. The first-order valence-corrected chi connectivity index (χ1v) is 4.66. The third kappa shape index (κ3) is 1.40. The van der Waals surface area contributed by atoms with E-state index in [0.29, 0.717) is 6.54 Å². The summed E-state index contributed by atoms with van der Waals surface area (Å²) in [5, 5.41) is 0.941. The van der Waals surface area contributed by atoms with Gasteiger partial charge in [-0.3, -0.25) is 0 Å². The Hall–Kier alpha value is -1.35. The van der Waals surface area contributed by atoms with Gasteiger partial charge in [-0.05, 0) is 37.2 Å². The number of rotatable bonds is 2. The maximum atomic E-state index is 12.9. The Balaban J connectivity index is 2.61. The molecule has 0 bridgehead atoms. The predicted molar refractivity (Wildman–Crippen MR) is 55.6 cm³/mol. The van der Waals surface area contributed by atoms with Gasteiger partial charge < -0.3 is 10.3 Å². The molecular formula is C11H13FN2. The van der Waals surface area contributed by atoms with Crippen LogP contribution in [-0.4, -0.2) is 11.1 Å². The number of aromatic nitrogens is 1. The minimum absolute atomic E-state index is 0.192. The topological polar surface area (TPSA) is 30.9 Å². The maximum absolute atomic E-state index is 12.9. The van der Waals surface area contributed by atoms with Crippen molar-refractivity contribution in [1.29, 1.82) is 0 Å². The first-order chi connectivity index (χ1) is 6.72. The average Bonchev–Trinajstić information content (AvgIpc) is 2.44. The number of hydrogen-bond donors (Lipinski definition) is 1. The van der Waals surface area contributed by atoms with Crippen LogP contribution in [0.4, 0.5) is 4.39 Å². The van der Waals surface area contributed by atoms with E-state index < -0.39 is 0 Å². The number of nitrogens with two attached hydrogens (primary N) is 1. The number of aryl methyl sites for hydroxylation is 1. The normalized spacial score (nSPS) is 11.1. The second-order valence-electron chi connectivity index (χ2n) is 3.44. The van der Waals surface area contributed by atoms with Crippen molar-refractivity contribution in [3.8, 4) is 0 Å². The van der Waals surface area contributed by atoms with Crippen LogP contribution in [0, 0.1) is 5.82 Å². The van der Waals surface area contributed by atoms with E-state index in [-0.39, 0.29) is 5.82 Å². The van der Waals surface area contributed by atoms with Crippen molar-refractivity contribution in [2.75, 3.05) is 6.54 Å². The summed E-state index contributed by atoms with van der Waals surface area (Å²) in [4.78, 5) is 0. The van der Waals surface area contributed by atoms with E-state index >= 15 is 0 Å². The zero-order chi connectivity index (χ0) is 10.1. The number of nitrogens with zero attached hydrogens (tertiary/aromatic N) is 1. The van der Waals surface area contributed by atoms with Gasteiger partial charge in [0.05, 0.1) is 0 Å². The second-order valence-corrected chi connectivity index (χ2v) is 3.44. The van der Waals surface area contributed by atoms with Crippen LogP contribution in [0.1, 0.15) is 5.69 Å². The van der Waals surface area contributed by atoms with Crippen LogP contribution in [0.25, 0.3) is 10.9 Å². The first-order valence-electron chi connectivity index (χ1n) is 4.66. The van der Waals surface area contributed by atoms with E-state index in [1.54, 1.807) is 12.1 Å². The van der Waals surface area contributed by atoms with Gasteiger partial charge in [0.25, 0.3) is 0 Å². The van der Waals surface area contributed by atoms with E-state index in [4.69, 9.17) is 5.73 Å². The van der Waals surface area contributed by atoms with E-state index in [1.165, 1.54) is 6.07 Å². The molecule has 3 heteroatoms. The fourth-order valence-electron chi connectivity index (χ4n) is 1.77. The highest BCUT2D eigenvalue weighted by molar-refractivity contribution is 5.81. The summed E-state index contributed by atoms with van der Waals surface area (Å²) in [5.74, 6) is -0.192. The molecule has 1 aromatic heterocycles. The van der Waals surface area contributed by atoms with Gasteiger partial charge >= 0.3 is 0 Å². The van der Waals surface area contributed by atoms with Gasteiger partial charge in [0, 0.05) is 23.6 Å². The summed E-state index contributed by atoms with van der Waals surface area (Å²) in [6.45, 7) is 0.618. The van der Waals surface area contributed by atoms with E-state index in [9.17, 15) is 4.39 Å². The van der Waals surface area contributed by atoms with Crippen molar-refractivity contribution in [1.82, 2.24) is 4.57 Å². The van der Waals surface area contributed by atoms with Gasteiger partial charge in [0.1, 0.15) is 5.82 Å². The van der Waals surface area contributed by atoms with Gasteiger partial charge in [-0.1, -0.05) is 0 Å². The molecule has 0 atom stereocenters. The Kier molecular flexibility index (Phi) is 2.25. The van der Waals surface area contributed by atoms with Gasteiger partial charge in [-0.2, -0.15) is 0 Å². The van der Waals surface area contributed by atoms with Crippen molar-refractivity contribution in [3.63, 3.8) is 0 Å². The Bertz CT molecular complexity index is 460. The maximum Gasteiger partial charge on any atom is 0.123 e. The van der Waals surface area contributed by atoms with Gasteiger partial charge in [0.2, 0.25) is 0 Å². The monoisotopic (exact) mass is 192 g/mol. The summed E-state index contributed by atoms with van der Waals surface area (Å²) in [6, 6.07) is 6.82. The van der Waals surface area contributed by atoms with Crippen molar-refractivity contribution >= 4 is 10.9 Å². The molecule has 0 fully saturated rings. The van der Waals surface area contributed by atoms with Crippen LogP contribution < -0.4 is 5.73 Å². The van der Waals surface area contributed by atoms with Crippen molar-refractivity contribution in [2.45, 2.75) is 6.42 Å². The number of benzene rings is 1. The highest BCUT2D eigenvalue weighted by atomic mass is 19.1. The molecule has 2 aromatic rings. The third-order valence-electron chi connectivity index (χ3n) is 2.50. The molecule has 1 aromatic carbocycles. The lowest BCUT2D eigenvalue weighted by molar-refractivity contribution is 0.629. The lowest BCUT2D eigenvalue weighted by atomic mass is 10.2. The molecule has 0 amide bonds. The molecular weight excluding hydrogens is 179 g/mol. The zero-order valence-electron chi connectivity index (χ0n) is 8.13. The SMILES string of the molecule is Cn1c(CCN)cc2cc(F)ccc21. The molecule has 2 rings (SSSR count). The molecule has 0 saturated carbocycles. The lowest BCUT2D eigenvalue weighted by Gasteiger charge is -2.01. The quantitative estimate of drug-likeness (QED) is 0.773. The van der Waals surface area contributed by atoms with Gasteiger partial charge in [0.15, 0.2) is 0 Å². The molecule has 0 aliphatic carbocycles. The van der Waals surface area contributed by atoms with E-state index in [1.807, 2.05) is 13.1 Å². The Labute approximate surface area is 82.1 Å². The minimum atomic E-state index is -0.192. The zero-order valence-corrected chi connectivity index (χ0v) is 8.13. The van der Waals surface area contributed by atoms with Crippen LogP contribution >= 0.6 is 0 Å². The third-order valence-corrected chi connectivity index (χ3v) is 2.50. The Morgan fingerprint density at radius 2 is 2.14 bits per heavy atom. The summed E-state index contributed by atoms with van der Waals surface area (Å²) in [5.41, 5.74) is 7.69. The fraction of sp³-hybridized carbons (Fsp3) is 0.273. The molecule has 2 nitrogen and oxygen atoms in total. The van der Waals surface area contributed by atoms with Crippen molar-refractivity contribution in [2.24, 2.45) is 12.8 Å². The van der Waals surface area contributed by atoms with Crippen molar-refractivity contribution in [3.05, 3.63) is 35.8 Å². The van der Waals surface area contributed by atoms with Crippen LogP contribution in [-0.2, 0) is 13.5 Å². The number of halogens is 1. The van der Waals surface area contributed by atoms with Crippen LogP contribution in [0.5, 0.6) is 0 Å². The fourth-order valence-corrected chi connectivity index (χ4v) is 1.77. The molecule has 0 unspecified atom stereocenters. The highest BCUT2D eigenvalue weighted by Crippen LogP contribution is 2.19.